The summed E-state index contributed by atoms with van der Waals surface area (Å²) in [5.41, 5.74) is 2.59. The average Bonchev–Trinajstić information content (AvgIpc) is 2.70. The van der Waals surface area contributed by atoms with Crippen LogP contribution in [-0.4, -0.2) is 24.3 Å². The molecule has 1 atom stereocenters. The summed E-state index contributed by atoms with van der Waals surface area (Å²) in [6.07, 6.45) is -6.97. The minimum absolute atomic E-state index is 0.0666. The van der Waals surface area contributed by atoms with Crippen LogP contribution >= 0.6 is 15.9 Å². The number of halogens is 4. The third kappa shape index (κ3) is 9.52. The Morgan fingerprint density at radius 1 is 0.812 bits per heavy atom. The van der Waals surface area contributed by atoms with Gasteiger partial charge in [-0.1, -0.05) is 76.1 Å². The first kappa shape index (κ1) is 27.8. The molecule has 0 fully saturated rings. The van der Waals surface area contributed by atoms with Gasteiger partial charge in [-0.05, 0) is 55.7 Å². The minimum Gasteiger partial charge on any atom is -0.379 e. The average molecular weight is 533 g/mol. The molecule has 0 aliphatic heterocycles. The number of benzene rings is 3. The van der Waals surface area contributed by atoms with E-state index in [9.17, 15) is 21.6 Å². The van der Waals surface area contributed by atoms with Gasteiger partial charge in [-0.2, -0.15) is 21.6 Å². The summed E-state index contributed by atoms with van der Waals surface area (Å²) < 4.78 is 66.9. The monoisotopic (exact) mass is 532 g/mol. The Kier molecular flexibility index (Phi) is 10.6. The lowest BCUT2D eigenvalue weighted by molar-refractivity contribution is -0.206. The molecule has 9 heteroatoms. The van der Waals surface area contributed by atoms with Crippen LogP contribution in [0, 0.1) is 20.8 Å². The lowest BCUT2D eigenvalue weighted by atomic mass is 10.0. The van der Waals surface area contributed by atoms with Crippen molar-refractivity contribution in [3.63, 3.8) is 0 Å². The van der Waals surface area contributed by atoms with Gasteiger partial charge in [-0.25, -0.2) is 0 Å². The molecule has 3 rings (SSSR count). The number of aliphatic hydroxyl groups excluding tert-OH is 1. The molecular formula is C23H24BrF3O4S. The number of hydrogen-bond donors (Lipinski definition) is 2. The molecule has 3 aromatic carbocycles. The van der Waals surface area contributed by atoms with E-state index in [0.29, 0.717) is 5.56 Å². The molecule has 3 aromatic rings. The van der Waals surface area contributed by atoms with Gasteiger partial charge in [-0.15, -0.1) is 0 Å². The molecule has 0 aliphatic carbocycles. The highest BCUT2D eigenvalue weighted by molar-refractivity contribution is 9.10. The fourth-order valence-electron chi connectivity index (χ4n) is 2.33. The first-order chi connectivity index (χ1) is 14.7. The van der Waals surface area contributed by atoms with Crippen LogP contribution in [0.4, 0.5) is 13.2 Å². The second kappa shape index (κ2) is 12.2. The topological polar surface area (TPSA) is 74.6 Å². The van der Waals surface area contributed by atoms with E-state index in [0.717, 1.165) is 5.56 Å². The molecule has 32 heavy (non-hydrogen) atoms. The predicted molar refractivity (Wildman–Crippen MR) is 122 cm³/mol. The van der Waals surface area contributed by atoms with Crippen LogP contribution < -0.4 is 0 Å². The SMILES string of the molecule is Cc1ccc(S(=O)(=O)O)cc1.Cc1ccccc1Br.Cc1ccccc1C(O)C(F)(F)F. The molecule has 2 N–H and O–H groups in total. The Morgan fingerprint density at radius 2 is 1.28 bits per heavy atom. The van der Waals surface area contributed by atoms with E-state index in [1.54, 1.807) is 18.2 Å². The first-order valence-electron chi connectivity index (χ1n) is 9.29. The maximum absolute atomic E-state index is 12.1. The minimum atomic E-state index is -4.59. The molecule has 0 heterocycles. The van der Waals surface area contributed by atoms with Crippen LogP contribution in [-0.2, 0) is 10.1 Å². The van der Waals surface area contributed by atoms with Gasteiger partial charge in [0.2, 0.25) is 0 Å². The van der Waals surface area contributed by atoms with Crippen LogP contribution in [0.25, 0.3) is 0 Å². The van der Waals surface area contributed by atoms with Crippen molar-refractivity contribution in [2.75, 3.05) is 0 Å². The van der Waals surface area contributed by atoms with Gasteiger partial charge in [0.25, 0.3) is 10.1 Å². The summed E-state index contributed by atoms with van der Waals surface area (Å²) in [6, 6.07) is 20.0. The standard InChI is InChI=1S/C9H9F3O.C7H7Br.C7H8O3S/c1-6-4-2-3-5-7(6)8(13)9(10,11)12;1-6-4-2-3-5-7(6)8;1-6-2-4-7(5-3-6)11(8,9)10/h2-5,8,13H,1H3;2-5H,1H3;2-5H,1H3,(H,8,9,10). The largest absolute Gasteiger partial charge is 0.418 e. The zero-order valence-corrected chi connectivity index (χ0v) is 20.0. The molecule has 0 saturated heterocycles. The summed E-state index contributed by atoms with van der Waals surface area (Å²) in [6.45, 7) is 5.45. The maximum atomic E-state index is 12.1. The zero-order valence-electron chi connectivity index (χ0n) is 17.6. The zero-order chi connectivity index (χ0) is 24.5. The number of aryl methyl sites for hydroxylation is 3. The molecule has 1 unspecified atom stereocenters. The third-order valence-electron chi connectivity index (χ3n) is 4.19. The van der Waals surface area contributed by atoms with E-state index in [1.165, 1.54) is 47.3 Å². The van der Waals surface area contributed by atoms with E-state index in [1.807, 2.05) is 25.1 Å². The molecule has 0 aliphatic rings. The van der Waals surface area contributed by atoms with Crippen molar-refractivity contribution >= 4 is 26.0 Å². The highest BCUT2D eigenvalue weighted by Crippen LogP contribution is 2.33. The second-order valence-electron chi connectivity index (χ2n) is 6.84. The highest BCUT2D eigenvalue weighted by atomic mass is 79.9. The van der Waals surface area contributed by atoms with E-state index >= 15 is 0 Å². The summed E-state index contributed by atoms with van der Waals surface area (Å²) in [5, 5.41) is 8.91. The van der Waals surface area contributed by atoms with Crippen LogP contribution in [0.2, 0.25) is 0 Å². The number of alkyl halides is 3. The smallest absolute Gasteiger partial charge is 0.379 e. The van der Waals surface area contributed by atoms with Crippen molar-refractivity contribution in [2.24, 2.45) is 0 Å². The highest BCUT2D eigenvalue weighted by Gasteiger charge is 2.39. The molecule has 174 valence electrons. The normalized spacial score (nSPS) is 12.0. The third-order valence-corrected chi connectivity index (χ3v) is 5.95. The Labute approximate surface area is 194 Å². The van der Waals surface area contributed by atoms with Gasteiger partial charge in [0, 0.05) is 4.47 Å². The van der Waals surface area contributed by atoms with Gasteiger partial charge < -0.3 is 5.11 Å². The molecule has 0 aromatic heterocycles. The molecule has 0 saturated carbocycles. The van der Waals surface area contributed by atoms with Crippen LogP contribution in [0.15, 0.2) is 82.2 Å². The van der Waals surface area contributed by atoms with Crippen LogP contribution in [0.3, 0.4) is 0 Å². The Balaban J connectivity index is 0.000000247. The summed E-state index contributed by atoms with van der Waals surface area (Å²) in [4.78, 5) is -0.0666. The van der Waals surface area contributed by atoms with Crippen LogP contribution in [0.5, 0.6) is 0 Å². The summed E-state index contributed by atoms with van der Waals surface area (Å²) in [5.74, 6) is 0. The van der Waals surface area contributed by atoms with Gasteiger partial charge in [-0.3, -0.25) is 4.55 Å². The predicted octanol–water partition coefficient (Wildman–Crippen LogP) is 6.59. The van der Waals surface area contributed by atoms with E-state index < -0.39 is 22.4 Å². The molecule has 0 bridgehead atoms. The van der Waals surface area contributed by atoms with E-state index in [2.05, 4.69) is 28.9 Å². The van der Waals surface area contributed by atoms with Gasteiger partial charge in [0.15, 0.2) is 6.10 Å². The van der Waals surface area contributed by atoms with Crippen molar-refractivity contribution in [2.45, 2.75) is 37.9 Å². The van der Waals surface area contributed by atoms with Crippen LogP contribution in [0.1, 0.15) is 28.4 Å². The van der Waals surface area contributed by atoms with Crippen molar-refractivity contribution < 1.29 is 31.2 Å². The lowest BCUT2D eigenvalue weighted by Gasteiger charge is -2.16. The molecule has 0 amide bonds. The lowest BCUT2D eigenvalue weighted by Crippen LogP contribution is -2.20. The van der Waals surface area contributed by atoms with Crippen molar-refractivity contribution in [3.05, 3.63) is 99.5 Å². The Morgan fingerprint density at radius 3 is 1.66 bits per heavy atom. The fraction of sp³-hybridized carbons (Fsp3) is 0.217. The molecular weight excluding hydrogens is 509 g/mol. The van der Waals surface area contributed by atoms with E-state index in [-0.39, 0.29) is 10.5 Å². The Hall–Kier alpha value is -2.20. The van der Waals surface area contributed by atoms with E-state index in [4.69, 9.17) is 9.66 Å². The first-order valence-corrected chi connectivity index (χ1v) is 11.5. The van der Waals surface area contributed by atoms with Crippen molar-refractivity contribution in [1.29, 1.82) is 0 Å². The molecule has 0 spiro atoms. The molecule has 4 nitrogen and oxygen atoms in total. The Bertz CT molecular complexity index is 1080. The van der Waals surface area contributed by atoms with Gasteiger partial charge in [0.05, 0.1) is 4.90 Å². The number of rotatable bonds is 2. The van der Waals surface area contributed by atoms with Gasteiger partial charge in [0.1, 0.15) is 0 Å². The maximum Gasteiger partial charge on any atom is 0.418 e. The van der Waals surface area contributed by atoms with Crippen molar-refractivity contribution in [1.82, 2.24) is 0 Å². The quantitative estimate of drug-likeness (QED) is 0.365. The fourth-order valence-corrected chi connectivity index (χ4v) is 3.10. The molecule has 0 radical (unpaired) electrons. The number of aliphatic hydroxyl groups is 1. The van der Waals surface area contributed by atoms with Crippen molar-refractivity contribution in [3.8, 4) is 0 Å². The second-order valence-corrected chi connectivity index (χ2v) is 9.11. The van der Waals surface area contributed by atoms with Gasteiger partial charge >= 0.3 is 6.18 Å². The summed E-state index contributed by atoms with van der Waals surface area (Å²) >= 11 is 3.40. The summed E-state index contributed by atoms with van der Waals surface area (Å²) in [7, 11) is -4.02. The number of hydrogen-bond acceptors (Lipinski definition) is 3.